The fourth-order valence-corrected chi connectivity index (χ4v) is 1.67. The Bertz CT molecular complexity index is 573. The molecule has 0 aromatic carbocycles. The minimum absolute atomic E-state index is 0.140. The molecule has 0 bridgehead atoms. The Kier molecular flexibility index (Phi) is 3.79. The second-order valence-electron chi connectivity index (χ2n) is 4.24. The van der Waals surface area contributed by atoms with E-state index in [1.807, 2.05) is 14.0 Å². The van der Waals surface area contributed by atoms with Crippen molar-refractivity contribution in [3.63, 3.8) is 0 Å². The highest BCUT2D eigenvalue weighted by atomic mass is 16.1. The number of nitrogens with one attached hydrogen (secondary N) is 2. The lowest BCUT2D eigenvalue weighted by atomic mass is 10.2. The molecule has 0 saturated carbocycles. The van der Waals surface area contributed by atoms with Crippen LogP contribution >= 0.6 is 0 Å². The van der Waals surface area contributed by atoms with Crippen molar-refractivity contribution in [2.45, 2.75) is 13.5 Å². The van der Waals surface area contributed by atoms with Gasteiger partial charge in [-0.15, -0.1) is 0 Å². The molecule has 0 aliphatic heterocycles. The molecule has 2 N–H and O–H groups in total. The van der Waals surface area contributed by atoms with E-state index >= 15 is 0 Å². The van der Waals surface area contributed by atoms with Crippen molar-refractivity contribution in [2.24, 2.45) is 7.05 Å². The van der Waals surface area contributed by atoms with Crippen molar-refractivity contribution in [3.05, 3.63) is 41.3 Å². The maximum atomic E-state index is 11.9. The molecule has 100 valence electrons. The van der Waals surface area contributed by atoms with Crippen LogP contribution in [0.15, 0.2) is 24.5 Å². The van der Waals surface area contributed by atoms with Gasteiger partial charge in [-0.3, -0.25) is 9.48 Å². The Labute approximate surface area is 111 Å². The number of pyridine rings is 1. The third-order valence-corrected chi connectivity index (χ3v) is 3.06. The molecule has 0 saturated heterocycles. The maximum absolute atomic E-state index is 11.9. The SMILES string of the molecule is CNc1ccc(C(=O)NCc2cnn(C)c2C)cn1. The molecule has 0 aliphatic rings. The molecule has 0 aliphatic carbocycles. The minimum Gasteiger partial charge on any atom is -0.373 e. The number of nitrogens with zero attached hydrogens (tertiary/aromatic N) is 3. The summed E-state index contributed by atoms with van der Waals surface area (Å²) in [6, 6.07) is 3.51. The Morgan fingerprint density at radius 2 is 2.16 bits per heavy atom. The second kappa shape index (κ2) is 5.51. The number of anilines is 1. The van der Waals surface area contributed by atoms with Crippen molar-refractivity contribution < 1.29 is 4.79 Å². The monoisotopic (exact) mass is 259 g/mol. The topological polar surface area (TPSA) is 71.8 Å². The Hall–Kier alpha value is -2.37. The van der Waals surface area contributed by atoms with Crippen LogP contribution < -0.4 is 10.6 Å². The van der Waals surface area contributed by atoms with Crippen LogP contribution in [0.2, 0.25) is 0 Å². The fourth-order valence-electron chi connectivity index (χ4n) is 1.67. The standard InChI is InChI=1S/C13H17N5O/c1-9-11(8-17-18(9)3)7-16-13(19)10-4-5-12(14-2)15-6-10/h4-6,8H,7H2,1-3H3,(H,14,15)(H,16,19). The van der Waals surface area contributed by atoms with Crippen molar-refractivity contribution in [1.29, 1.82) is 0 Å². The van der Waals surface area contributed by atoms with Gasteiger partial charge in [0, 0.05) is 38.1 Å². The summed E-state index contributed by atoms with van der Waals surface area (Å²) >= 11 is 0. The second-order valence-corrected chi connectivity index (χ2v) is 4.24. The van der Waals surface area contributed by atoms with Crippen LogP contribution in [-0.4, -0.2) is 27.7 Å². The summed E-state index contributed by atoms with van der Waals surface area (Å²) in [7, 11) is 3.66. The number of amides is 1. The maximum Gasteiger partial charge on any atom is 0.253 e. The van der Waals surface area contributed by atoms with Crippen LogP contribution in [0.4, 0.5) is 5.82 Å². The van der Waals surface area contributed by atoms with Gasteiger partial charge in [0.1, 0.15) is 5.82 Å². The van der Waals surface area contributed by atoms with Crippen LogP contribution in [0, 0.1) is 6.92 Å². The van der Waals surface area contributed by atoms with Crippen molar-refractivity contribution in [3.8, 4) is 0 Å². The molecular weight excluding hydrogens is 242 g/mol. The molecule has 6 nitrogen and oxygen atoms in total. The van der Waals surface area contributed by atoms with Gasteiger partial charge < -0.3 is 10.6 Å². The zero-order valence-electron chi connectivity index (χ0n) is 11.3. The number of hydrogen-bond donors (Lipinski definition) is 2. The summed E-state index contributed by atoms with van der Waals surface area (Å²) in [5.74, 6) is 0.595. The quantitative estimate of drug-likeness (QED) is 0.862. The van der Waals surface area contributed by atoms with E-state index in [1.54, 1.807) is 36.3 Å². The van der Waals surface area contributed by atoms with Crippen LogP contribution in [0.25, 0.3) is 0 Å². The number of rotatable bonds is 4. The van der Waals surface area contributed by atoms with E-state index in [1.165, 1.54) is 0 Å². The molecule has 0 fully saturated rings. The molecule has 0 atom stereocenters. The molecule has 1 amide bonds. The molecule has 19 heavy (non-hydrogen) atoms. The van der Waals surface area contributed by atoms with Gasteiger partial charge in [0.15, 0.2) is 0 Å². The van der Waals surface area contributed by atoms with E-state index in [4.69, 9.17) is 0 Å². The van der Waals surface area contributed by atoms with Gasteiger partial charge in [0.2, 0.25) is 0 Å². The van der Waals surface area contributed by atoms with Gasteiger partial charge in [0.05, 0.1) is 11.8 Å². The number of aromatic nitrogens is 3. The zero-order valence-corrected chi connectivity index (χ0v) is 11.3. The van der Waals surface area contributed by atoms with Gasteiger partial charge >= 0.3 is 0 Å². The molecular formula is C13H17N5O. The van der Waals surface area contributed by atoms with Gasteiger partial charge in [-0.05, 0) is 19.1 Å². The third-order valence-electron chi connectivity index (χ3n) is 3.06. The Balaban J connectivity index is 1.99. The van der Waals surface area contributed by atoms with E-state index in [-0.39, 0.29) is 5.91 Å². The lowest BCUT2D eigenvalue weighted by Crippen LogP contribution is -2.23. The van der Waals surface area contributed by atoms with Gasteiger partial charge in [-0.25, -0.2) is 4.98 Å². The molecule has 0 radical (unpaired) electrons. The van der Waals surface area contributed by atoms with E-state index in [0.29, 0.717) is 12.1 Å². The van der Waals surface area contributed by atoms with Crippen LogP contribution in [0.5, 0.6) is 0 Å². The normalized spacial score (nSPS) is 10.3. The number of carbonyl (C=O) groups is 1. The first-order valence-electron chi connectivity index (χ1n) is 6.01. The molecule has 6 heteroatoms. The fraction of sp³-hybridized carbons (Fsp3) is 0.308. The average molecular weight is 259 g/mol. The summed E-state index contributed by atoms with van der Waals surface area (Å²) in [5.41, 5.74) is 2.60. The highest BCUT2D eigenvalue weighted by Crippen LogP contribution is 2.07. The van der Waals surface area contributed by atoms with Crippen molar-refractivity contribution in [1.82, 2.24) is 20.1 Å². The zero-order chi connectivity index (χ0) is 13.8. The average Bonchev–Trinajstić information content (AvgIpc) is 2.76. The summed E-state index contributed by atoms with van der Waals surface area (Å²) < 4.78 is 1.78. The first-order valence-corrected chi connectivity index (χ1v) is 6.01. The summed E-state index contributed by atoms with van der Waals surface area (Å²) in [6.45, 7) is 2.43. The Morgan fingerprint density at radius 3 is 2.68 bits per heavy atom. The summed E-state index contributed by atoms with van der Waals surface area (Å²) in [4.78, 5) is 16.0. The predicted molar refractivity (Wildman–Crippen MR) is 72.9 cm³/mol. The highest BCUT2D eigenvalue weighted by molar-refractivity contribution is 5.93. The molecule has 2 heterocycles. The van der Waals surface area contributed by atoms with E-state index in [2.05, 4.69) is 20.7 Å². The predicted octanol–water partition coefficient (Wildman–Crippen LogP) is 1.10. The molecule has 2 aromatic heterocycles. The first kappa shape index (κ1) is 13.1. The minimum atomic E-state index is -0.140. The molecule has 0 unspecified atom stereocenters. The van der Waals surface area contributed by atoms with Crippen LogP contribution in [-0.2, 0) is 13.6 Å². The highest BCUT2D eigenvalue weighted by Gasteiger charge is 2.08. The van der Waals surface area contributed by atoms with E-state index in [9.17, 15) is 4.79 Å². The first-order chi connectivity index (χ1) is 9.11. The summed E-state index contributed by atoms with van der Waals surface area (Å²) in [5, 5.41) is 9.90. The molecule has 0 spiro atoms. The van der Waals surface area contributed by atoms with E-state index in [0.717, 1.165) is 17.1 Å². The van der Waals surface area contributed by atoms with Crippen LogP contribution in [0.3, 0.4) is 0 Å². The largest absolute Gasteiger partial charge is 0.373 e. The van der Waals surface area contributed by atoms with Crippen LogP contribution in [0.1, 0.15) is 21.6 Å². The third kappa shape index (κ3) is 2.90. The molecule has 2 aromatic rings. The number of hydrogen-bond acceptors (Lipinski definition) is 4. The van der Waals surface area contributed by atoms with Gasteiger partial charge in [-0.2, -0.15) is 5.10 Å². The number of carbonyl (C=O) groups excluding carboxylic acids is 1. The van der Waals surface area contributed by atoms with Gasteiger partial charge in [0.25, 0.3) is 5.91 Å². The Morgan fingerprint density at radius 1 is 1.37 bits per heavy atom. The lowest BCUT2D eigenvalue weighted by molar-refractivity contribution is 0.0950. The summed E-state index contributed by atoms with van der Waals surface area (Å²) in [6.07, 6.45) is 3.31. The number of aryl methyl sites for hydroxylation is 1. The van der Waals surface area contributed by atoms with Gasteiger partial charge in [-0.1, -0.05) is 0 Å². The lowest BCUT2D eigenvalue weighted by Gasteiger charge is -2.05. The smallest absolute Gasteiger partial charge is 0.253 e. The van der Waals surface area contributed by atoms with Crippen molar-refractivity contribution >= 4 is 11.7 Å². The van der Waals surface area contributed by atoms with E-state index < -0.39 is 0 Å². The molecule has 2 rings (SSSR count). The van der Waals surface area contributed by atoms with Crippen molar-refractivity contribution in [2.75, 3.05) is 12.4 Å².